The predicted molar refractivity (Wildman–Crippen MR) is 92.6 cm³/mol. The highest BCUT2D eigenvalue weighted by Gasteiger charge is 2.11. The molecule has 2 aromatic rings. The van der Waals surface area contributed by atoms with Crippen molar-refractivity contribution in [2.45, 2.75) is 13.0 Å². The first kappa shape index (κ1) is 18.6. The van der Waals surface area contributed by atoms with Gasteiger partial charge in [0.05, 0.1) is 26.9 Å². The van der Waals surface area contributed by atoms with Gasteiger partial charge in [0, 0.05) is 24.2 Å². The number of nitriles is 1. The lowest BCUT2D eigenvalue weighted by Gasteiger charge is -2.13. The van der Waals surface area contributed by atoms with Gasteiger partial charge in [-0.3, -0.25) is 0 Å². The topological polar surface area (TPSA) is 63.5 Å². The van der Waals surface area contributed by atoms with E-state index in [1.165, 1.54) is 26.4 Å². The first-order chi connectivity index (χ1) is 12.1. The van der Waals surface area contributed by atoms with Gasteiger partial charge in [-0.25, -0.2) is 4.39 Å². The molecule has 2 rings (SSSR count). The van der Waals surface area contributed by atoms with Crippen molar-refractivity contribution >= 4 is 0 Å². The van der Waals surface area contributed by atoms with Crippen LogP contribution >= 0.6 is 0 Å². The summed E-state index contributed by atoms with van der Waals surface area (Å²) < 4.78 is 29.0. The van der Waals surface area contributed by atoms with E-state index >= 15 is 0 Å². The average molecular weight is 343 g/mol. The molecule has 5 nitrogen and oxygen atoms in total. The van der Waals surface area contributed by atoms with Gasteiger partial charge >= 0.3 is 0 Å². The minimum absolute atomic E-state index is 0.324. The Hall–Kier alpha value is -2.78. The maximum atomic E-state index is 13.2. The molecule has 0 unspecified atom stereocenters. The van der Waals surface area contributed by atoms with Gasteiger partial charge in [-0.15, -0.1) is 0 Å². The molecule has 0 fully saturated rings. The molecule has 132 valence electrons. The van der Waals surface area contributed by atoms with Crippen molar-refractivity contribution in [2.75, 3.05) is 27.9 Å². The number of hydrogen-bond acceptors (Lipinski definition) is 5. The van der Waals surface area contributed by atoms with Crippen LogP contribution in [0.3, 0.4) is 0 Å². The lowest BCUT2D eigenvalue weighted by molar-refractivity contribution is 0.396. The molecular formula is C19H21FN2O3. The van der Waals surface area contributed by atoms with Crippen molar-refractivity contribution < 1.29 is 18.6 Å². The molecule has 0 amide bonds. The normalized spacial score (nSPS) is 10.2. The highest BCUT2D eigenvalue weighted by atomic mass is 18.2. The fourth-order valence-corrected chi connectivity index (χ4v) is 2.55. The highest BCUT2D eigenvalue weighted by Crippen LogP contribution is 2.28. The van der Waals surface area contributed by atoms with E-state index in [-0.39, 0.29) is 5.82 Å². The first-order valence-electron chi connectivity index (χ1n) is 7.81. The fraction of sp³-hybridized carbons (Fsp3) is 0.316. The van der Waals surface area contributed by atoms with E-state index in [0.717, 1.165) is 11.1 Å². The van der Waals surface area contributed by atoms with Crippen LogP contribution in [0.1, 0.15) is 16.7 Å². The van der Waals surface area contributed by atoms with Gasteiger partial charge in [0.1, 0.15) is 29.1 Å². The molecular weight excluding hydrogens is 322 g/mol. The van der Waals surface area contributed by atoms with Gasteiger partial charge in [0.15, 0.2) is 0 Å². The molecule has 2 aromatic carbocycles. The predicted octanol–water partition coefficient (Wildman–Crippen LogP) is 3.06. The smallest absolute Gasteiger partial charge is 0.137 e. The lowest BCUT2D eigenvalue weighted by Crippen LogP contribution is -2.17. The fourth-order valence-electron chi connectivity index (χ4n) is 2.55. The van der Waals surface area contributed by atoms with Crippen LogP contribution in [0.2, 0.25) is 0 Å². The highest BCUT2D eigenvalue weighted by molar-refractivity contribution is 5.52. The van der Waals surface area contributed by atoms with Crippen molar-refractivity contribution in [2.24, 2.45) is 0 Å². The Labute approximate surface area is 146 Å². The Bertz CT molecular complexity index is 772. The summed E-state index contributed by atoms with van der Waals surface area (Å²) in [6, 6.07) is 10.1. The van der Waals surface area contributed by atoms with Crippen LogP contribution in [0.4, 0.5) is 4.39 Å². The molecule has 0 radical (unpaired) electrons. The lowest BCUT2D eigenvalue weighted by atomic mass is 10.1. The summed E-state index contributed by atoms with van der Waals surface area (Å²) in [6.07, 6.45) is 0.689. The summed E-state index contributed by atoms with van der Waals surface area (Å²) in [5, 5.41) is 12.4. The van der Waals surface area contributed by atoms with Crippen LogP contribution in [0.25, 0.3) is 0 Å². The van der Waals surface area contributed by atoms with Crippen LogP contribution in [-0.2, 0) is 13.0 Å². The second-order valence-electron chi connectivity index (χ2n) is 5.36. The largest absolute Gasteiger partial charge is 0.496 e. The zero-order valence-electron chi connectivity index (χ0n) is 14.6. The second-order valence-corrected chi connectivity index (χ2v) is 5.36. The number of benzene rings is 2. The molecule has 6 heteroatoms. The quantitative estimate of drug-likeness (QED) is 0.747. The summed E-state index contributed by atoms with van der Waals surface area (Å²) in [7, 11) is 4.63. The molecule has 0 saturated carbocycles. The third kappa shape index (κ3) is 4.61. The number of methoxy groups -OCH3 is 3. The summed E-state index contributed by atoms with van der Waals surface area (Å²) in [6.45, 7) is 1.23. The molecule has 0 aromatic heterocycles. The zero-order chi connectivity index (χ0) is 18.2. The molecule has 0 heterocycles. The van der Waals surface area contributed by atoms with Gasteiger partial charge in [-0.2, -0.15) is 5.26 Å². The van der Waals surface area contributed by atoms with Gasteiger partial charge in [0.25, 0.3) is 0 Å². The third-order valence-corrected chi connectivity index (χ3v) is 3.86. The van der Waals surface area contributed by atoms with E-state index in [2.05, 4.69) is 11.4 Å². The minimum Gasteiger partial charge on any atom is -0.496 e. The van der Waals surface area contributed by atoms with Crippen molar-refractivity contribution in [3.63, 3.8) is 0 Å². The Morgan fingerprint density at radius 1 is 0.960 bits per heavy atom. The molecule has 0 aliphatic carbocycles. The SMILES string of the molecule is COc1cc(CCNCc2ccc([18F])cc2OC)c(OC)cc1C#N. The summed E-state index contributed by atoms with van der Waals surface area (Å²) in [5.41, 5.74) is 2.26. The monoisotopic (exact) mass is 343 g/mol. The first-order valence-corrected chi connectivity index (χ1v) is 7.81. The number of hydrogen-bond donors (Lipinski definition) is 1. The molecule has 0 spiro atoms. The average Bonchev–Trinajstić information content (AvgIpc) is 2.65. The molecule has 25 heavy (non-hydrogen) atoms. The summed E-state index contributed by atoms with van der Waals surface area (Å²) in [4.78, 5) is 0. The van der Waals surface area contributed by atoms with Gasteiger partial charge in [-0.05, 0) is 30.7 Å². The number of nitrogens with one attached hydrogen (secondary N) is 1. The van der Waals surface area contributed by atoms with Crippen LogP contribution in [0.15, 0.2) is 30.3 Å². The van der Waals surface area contributed by atoms with E-state index in [9.17, 15) is 4.39 Å². The maximum Gasteiger partial charge on any atom is 0.137 e. The molecule has 0 aliphatic heterocycles. The Balaban J connectivity index is 2.01. The molecule has 0 atom stereocenters. The number of ether oxygens (including phenoxy) is 3. The Morgan fingerprint density at radius 2 is 1.64 bits per heavy atom. The molecule has 0 aliphatic rings. The van der Waals surface area contributed by atoms with Crippen LogP contribution in [0, 0.1) is 17.1 Å². The Morgan fingerprint density at radius 3 is 2.28 bits per heavy atom. The zero-order valence-corrected chi connectivity index (χ0v) is 14.6. The number of halogens is 1. The minimum atomic E-state index is -0.324. The molecule has 1 N–H and O–H groups in total. The van der Waals surface area contributed by atoms with Gasteiger partial charge in [0.2, 0.25) is 0 Å². The second kappa shape index (κ2) is 8.90. The van der Waals surface area contributed by atoms with E-state index in [1.807, 2.05) is 6.07 Å². The van der Waals surface area contributed by atoms with E-state index in [0.29, 0.717) is 42.3 Å². The van der Waals surface area contributed by atoms with Crippen LogP contribution in [-0.4, -0.2) is 27.9 Å². The Kier molecular flexibility index (Phi) is 6.61. The van der Waals surface area contributed by atoms with Crippen molar-refractivity contribution in [3.8, 4) is 23.3 Å². The van der Waals surface area contributed by atoms with E-state index in [4.69, 9.17) is 19.5 Å². The van der Waals surface area contributed by atoms with Crippen molar-refractivity contribution in [1.82, 2.24) is 5.32 Å². The van der Waals surface area contributed by atoms with Gasteiger partial charge in [-0.1, -0.05) is 6.07 Å². The summed E-state index contributed by atoms with van der Waals surface area (Å²) in [5.74, 6) is 1.37. The van der Waals surface area contributed by atoms with Crippen LogP contribution < -0.4 is 19.5 Å². The summed E-state index contributed by atoms with van der Waals surface area (Å²) >= 11 is 0. The third-order valence-electron chi connectivity index (χ3n) is 3.86. The van der Waals surface area contributed by atoms with Crippen molar-refractivity contribution in [3.05, 3.63) is 52.8 Å². The molecule has 0 saturated heterocycles. The number of rotatable bonds is 8. The van der Waals surface area contributed by atoms with Crippen molar-refractivity contribution in [1.29, 1.82) is 5.26 Å². The van der Waals surface area contributed by atoms with Crippen LogP contribution in [0.5, 0.6) is 17.2 Å². The number of nitrogens with zero attached hydrogens (tertiary/aromatic N) is 1. The maximum absolute atomic E-state index is 13.2. The van der Waals surface area contributed by atoms with Gasteiger partial charge < -0.3 is 19.5 Å². The standard InChI is InChI=1S/C19H21FN2O3/c1-23-17-9-15(11-21)18(24-2)8-13(17)6-7-22-12-14-4-5-16(20)10-19(14)25-3/h4-5,8-10,22H,6-7,12H2,1-3H3/i20-1. The van der Waals surface area contributed by atoms with E-state index in [1.54, 1.807) is 19.2 Å². The molecule has 0 bridgehead atoms. The van der Waals surface area contributed by atoms with E-state index < -0.39 is 0 Å².